The average Bonchev–Trinajstić information content (AvgIpc) is 3.02. The van der Waals surface area contributed by atoms with Gasteiger partial charge in [-0.1, -0.05) is 109 Å². The van der Waals surface area contributed by atoms with Crippen molar-refractivity contribution >= 4 is 5.97 Å². The van der Waals surface area contributed by atoms with E-state index in [9.17, 15) is 13.6 Å². The average molecular weight is 597 g/mol. The van der Waals surface area contributed by atoms with Crippen LogP contribution >= 0.6 is 0 Å². The predicted octanol–water partition coefficient (Wildman–Crippen LogP) is 11.6. The summed E-state index contributed by atoms with van der Waals surface area (Å²) >= 11 is 0. The first-order chi connectivity index (χ1) is 21.0. The largest absolute Gasteiger partial charge is 0.490 e. The van der Waals surface area contributed by atoms with Gasteiger partial charge in [-0.15, -0.1) is 0 Å². The number of unbranched alkanes of at least 4 members (excludes halogenated alkanes) is 9. The Morgan fingerprint density at radius 2 is 1.44 bits per heavy atom. The van der Waals surface area contributed by atoms with Crippen LogP contribution < -0.4 is 9.47 Å². The van der Waals surface area contributed by atoms with E-state index in [-0.39, 0.29) is 5.75 Å². The second kappa shape index (κ2) is 20.3. The minimum atomic E-state index is -1.24. The van der Waals surface area contributed by atoms with Gasteiger partial charge in [-0.2, -0.15) is 4.39 Å². The zero-order valence-corrected chi connectivity index (χ0v) is 26.7. The molecule has 0 amide bonds. The van der Waals surface area contributed by atoms with Crippen LogP contribution in [0.3, 0.4) is 0 Å². The van der Waals surface area contributed by atoms with Crippen LogP contribution in [0.5, 0.6) is 11.5 Å². The van der Waals surface area contributed by atoms with Gasteiger partial charge >= 0.3 is 5.97 Å². The second-order valence-electron chi connectivity index (χ2n) is 12.3. The van der Waals surface area contributed by atoms with E-state index in [0.717, 1.165) is 43.6 Å². The maximum absolute atomic E-state index is 14.7. The SMILES string of the molecule is CCCCCCCCCCOc1ccc(C(=O)Oc2ccc(CCC=C[C@H]3CC[C@H](CCCCC)CC3)cc2)c(F)c1F. The van der Waals surface area contributed by atoms with Crippen molar-refractivity contribution in [1.29, 1.82) is 0 Å². The number of carbonyl (C=O) groups excluding carboxylic acids is 1. The molecule has 5 heteroatoms. The summed E-state index contributed by atoms with van der Waals surface area (Å²) < 4.78 is 40.1. The van der Waals surface area contributed by atoms with E-state index in [1.807, 2.05) is 12.1 Å². The number of rotatable bonds is 20. The van der Waals surface area contributed by atoms with Gasteiger partial charge in [-0.05, 0) is 86.6 Å². The van der Waals surface area contributed by atoms with E-state index in [1.165, 1.54) is 95.6 Å². The quantitative estimate of drug-likeness (QED) is 0.0660. The Kier molecular flexibility index (Phi) is 16.4. The Morgan fingerprint density at radius 1 is 0.791 bits per heavy atom. The van der Waals surface area contributed by atoms with Gasteiger partial charge in [0.15, 0.2) is 11.6 Å². The lowest BCUT2D eigenvalue weighted by atomic mass is 9.79. The van der Waals surface area contributed by atoms with Crippen LogP contribution in [0.25, 0.3) is 0 Å². The summed E-state index contributed by atoms with van der Waals surface area (Å²) in [7, 11) is 0. The summed E-state index contributed by atoms with van der Waals surface area (Å²) in [5.74, 6) is -1.56. The number of ether oxygens (including phenoxy) is 2. The fraction of sp³-hybridized carbons (Fsp3) is 0.605. The first-order valence-corrected chi connectivity index (χ1v) is 17.1. The van der Waals surface area contributed by atoms with Gasteiger partial charge in [-0.25, -0.2) is 9.18 Å². The zero-order valence-electron chi connectivity index (χ0n) is 26.7. The fourth-order valence-corrected chi connectivity index (χ4v) is 6.00. The monoisotopic (exact) mass is 596 g/mol. The molecule has 3 nitrogen and oxygen atoms in total. The minimum absolute atomic E-state index is 0.175. The number of allylic oxidation sites excluding steroid dienone is 2. The molecule has 0 saturated heterocycles. The molecule has 0 atom stereocenters. The van der Waals surface area contributed by atoms with Crippen molar-refractivity contribution in [3.8, 4) is 11.5 Å². The maximum atomic E-state index is 14.7. The van der Waals surface area contributed by atoms with E-state index in [1.54, 1.807) is 12.1 Å². The van der Waals surface area contributed by atoms with Crippen molar-refractivity contribution in [3.05, 3.63) is 71.3 Å². The summed E-state index contributed by atoms with van der Waals surface area (Å²) in [5, 5.41) is 0. The number of carbonyl (C=O) groups is 1. The molecule has 0 aliphatic heterocycles. The molecule has 0 heterocycles. The molecule has 2 aromatic rings. The van der Waals surface area contributed by atoms with Crippen LogP contribution in [-0.4, -0.2) is 12.6 Å². The molecular formula is C38H54F2O3. The van der Waals surface area contributed by atoms with Gasteiger partial charge in [0, 0.05) is 0 Å². The molecule has 0 aromatic heterocycles. The molecule has 0 spiro atoms. The molecule has 0 bridgehead atoms. The van der Waals surface area contributed by atoms with Crippen LogP contribution in [0.15, 0.2) is 48.6 Å². The lowest BCUT2D eigenvalue weighted by Crippen LogP contribution is -2.13. The van der Waals surface area contributed by atoms with E-state index in [4.69, 9.17) is 9.47 Å². The smallest absolute Gasteiger partial charge is 0.346 e. The van der Waals surface area contributed by atoms with Crippen molar-refractivity contribution in [2.24, 2.45) is 11.8 Å². The number of hydrogen-bond donors (Lipinski definition) is 0. The number of hydrogen-bond acceptors (Lipinski definition) is 3. The highest BCUT2D eigenvalue weighted by Gasteiger charge is 2.21. The highest BCUT2D eigenvalue weighted by Crippen LogP contribution is 2.33. The molecular weight excluding hydrogens is 542 g/mol. The van der Waals surface area contributed by atoms with Crippen molar-refractivity contribution in [3.63, 3.8) is 0 Å². The van der Waals surface area contributed by atoms with Gasteiger partial charge in [0.05, 0.1) is 12.2 Å². The van der Waals surface area contributed by atoms with Crippen LogP contribution in [-0.2, 0) is 6.42 Å². The van der Waals surface area contributed by atoms with E-state index < -0.39 is 23.2 Å². The number of aryl methyl sites for hydroxylation is 1. The minimum Gasteiger partial charge on any atom is -0.490 e. The van der Waals surface area contributed by atoms with Gasteiger partial charge in [0.2, 0.25) is 5.82 Å². The Morgan fingerprint density at radius 3 is 2.14 bits per heavy atom. The molecule has 3 rings (SSSR count). The molecule has 1 aliphatic rings. The first kappa shape index (κ1) is 34.8. The number of esters is 1. The molecule has 0 unspecified atom stereocenters. The molecule has 0 N–H and O–H groups in total. The Bertz CT molecular complexity index is 1090. The molecule has 1 saturated carbocycles. The Labute approximate surface area is 259 Å². The van der Waals surface area contributed by atoms with Crippen LogP contribution in [0.1, 0.15) is 139 Å². The van der Waals surface area contributed by atoms with E-state index in [0.29, 0.717) is 18.3 Å². The normalized spacial score (nSPS) is 16.9. The van der Waals surface area contributed by atoms with Crippen molar-refractivity contribution < 1.29 is 23.0 Å². The third kappa shape index (κ3) is 12.8. The summed E-state index contributed by atoms with van der Waals surface area (Å²) in [5.41, 5.74) is 0.695. The summed E-state index contributed by atoms with van der Waals surface area (Å²) in [4.78, 5) is 12.6. The third-order valence-electron chi connectivity index (χ3n) is 8.77. The standard InChI is InChI=1S/C38H54F2O3/c1-3-5-7-8-9-10-11-15-29-42-35-28-27-34(36(39)37(35)40)38(41)43-33-25-23-32(24-26-33)18-14-13-17-31-21-19-30(20-22-31)16-12-6-4-2/h13,17,23-28,30-31H,3-12,14-16,18-22,29H2,1-2H3/t30-,31-. The maximum Gasteiger partial charge on any atom is 0.346 e. The van der Waals surface area contributed by atoms with Crippen LogP contribution in [0.4, 0.5) is 8.78 Å². The van der Waals surface area contributed by atoms with E-state index in [2.05, 4.69) is 26.0 Å². The second-order valence-corrected chi connectivity index (χ2v) is 12.3. The molecule has 1 aliphatic carbocycles. The zero-order chi connectivity index (χ0) is 30.7. The van der Waals surface area contributed by atoms with Crippen LogP contribution in [0.2, 0.25) is 0 Å². The first-order valence-electron chi connectivity index (χ1n) is 17.1. The Balaban J connectivity index is 1.36. The summed E-state index contributed by atoms with van der Waals surface area (Å²) in [6, 6.07) is 9.76. The Hall–Kier alpha value is -2.69. The van der Waals surface area contributed by atoms with Gasteiger partial charge < -0.3 is 9.47 Å². The number of halogens is 2. The van der Waals surface area contributed by atoms with Crippen molar-refractivity contribution in [1.82, 2.24) is 0 Å². The summed E-state index contributed by atoms with van der Waals surface area (Å²) in [6.07, 6.45) is 26.5. The third-order valence-corrected chi connectivity index (χ3v) is 8.77. The highest BCUT2D eigenvalue weighted by atomic mass is 19.2. The lowest BCUT2D eigenvalue weighted by Gasteiger charge is -2.26. The topological polar surface area (TPSA) is 35.5 Å². The predicted molar refractivity (Wildman–Crippen MR) is 173 cm³/mol. The molecule has 238 valence electrons. The molecule has 0 radical (unpaired) electrons. The summed E-state index contributed by atoms with van der Waals surface area (Å²) in [6.45, 7) is 4.79. The van der Waals surface area contributed by atoms with Gasteiger partial charge in [0.1, 0.15) is 5.75 Å². The van der Waals surface area contributed by atoms with E-state index >= 15 is 0 Å². The molecule has 2 aromatic carbocycles. The molecule has 1 fully saturated rings. The fourth-order valence-electron chi connectivity index (χ4n) is 6.00. The van der Waals surface area contributed by atoms with Gasteiger partial charge in [0.25, 0.3) is 0 Å². The van der Waals surface area contributed by atoms with Gasteiger partial charge in [-0.3, -0.25) is 0 Å². The van der Waals surface area contributed by atoms with Crippen molar-refractivity contribution in [2.75, 3.05) is 6.61 Å². The molecule has 43 heavy (non-hydrogen) atoms. The lowest BCUT2D eigenvalue weighted by molar-refractivity contribution is 0.0728. The highest BCUT2D eigenvalue weighted by molar-refractivity contribution is 5.91. The number of benzene rings is 2. The van der Waals surface area contributed by atoms with Crippen LogP contribution in [0, 0.1) is 23.5 Å². The van der Waals surface area contributed by atoms with Crippen molar-refractivity contribution in [2.45, 2.75) is 129 Å².